The zero-order chi connectivity index (χ0) is 15.0. The zero-order valence-corrected chi connectivity index (χ0v) is 13.2. The third kappa shape index (κ3) is 3.29. The normalized spacial score (nSPS) is 30.7. The van der Waals surface area contributed by atoms with Gasteiger partial charge in [-0.1, -0.05) is 0 Å². The Morgan fingerprint density at radius 1 is 1.19 bits per heavy atom. The van der Waals surface area contributed by atoms with Crippen LogP contribution in [0.4, 0.5) is 4.79 Å². The minimum absolute atomic E-state index is 0.0527. The van der Waals surface area contributed by atoms with Crippen LogP contribution in [0.15, 0.2) is 0 Å². The summed E-state index contributed by atoms with van der Waals surface area (Å²) in [7, 11) is 0. The summed E-state index contributed by atoms with van der Waals surface area (Å²) < 4.78 is 0. The van der Waals surface area contributed by atoms with Crippen LogP contribution in [-0.2, 0) is 4.79 Å². The summed E-state index contributed by atoms with van der Waals surface area (Å²) in [6.07, 6.45) is 2.70. The Labute approximate surface area is 129 Å². The minimum Gasteiger partial charge on any atom is -0.480 e. The standard InChI is InChI=1S/C14H23N3O3S/c1-10-17(12(9-21-10)13(18)19)14(20)16-6-4-15(5-7-16)8-11-2-3-11/h10-12H,2-9H2,1H3,(H,18,19). The van der Waals surface area contributed by atoms with Gasteiger partial charge in [0, 0.05) is 38.5 Å². The Balaban J connectivity index is 1.56. The Morgan fingerprint density at radius 2 is 1.86 bits per heavy atom. The molecule has 2 aliphatic heterocycles. The van der Waals surface area contributed by atoms with Crippen molar-refractivity contribution >= 4 is 23.8 Å². The molecule has 0 radical (unpaired) electrons. The molecule has 6 nitrogen and oxygen atoms in total. The summed E-state index contributed by atoms with van der Waals surface area (Å²) in [5.41, 5.74) is 0. The van der Waals surface area contributed by atoms with Gasteiger partial charge in [0.05, 0.1) is 5.37 Å². The molecule has 7 heteroatoms. The van der Waals surface area contributed by atoms with Crippen molar-refractivity contribution in [1.82, 2.24) is 14.7 Å². The van der Waals surface area contributed by atoms with Gasteiger partial charge in [0.25, 0.3) is 0 Å². The van der Waals surface area contributed by atoms with Gasteiger partial charge in [0.1, 0.15) is 6.04 Å². The maximum absolute atomic E-state index is 12.6. The van der Waals surface area contributed by atoms with Gasteiger partial charge < -0.3 is 10.0 Å². The summed E-state index contributed by atoms with van der Waals surface area (Å²) in [4.78, 5) is 29.7. The first-order chi connectivity index (χ1) is 10.1. The fraction of sp³-hybridized carbons (Fsp3) is 0.857. The minimum atomic E-state index is -0.896. The largest absolute Gasteiger partial charge is 0.480 e. The molecule has 1 N–H and O–H groups in total. The van der Waals surface area contributed by atoms with Crippen LogP contribution >= 0.6 is 11.8 Å². The molecule has 1 aliphatic carbocycles. The van der Waals surface area contributed by atoms with Crippen LogP contribution in [0.25, 0.3) is 0 Å². The van der Waals surface area contributed by atoms with Crippen molar-refractivity contribution in [3.8, 4) is 0 Å². The van der Waals surface area contributed by atoms with E-state index in [0.29, 0.717) is 18.8 Å². The molecule has 2 unspecified atom stereocenters. The summed E-state index contributed by atoms with van der Waals surface area (Å²) in [6, 6.07) is -0.784. The van der Waals surface area contributed by atoms with E-state index < -0.39 is 12.0 Å². The Hall–Kier alpha value is -0.950. The predicted molar refractivity (Wildman–Crippen MR) is 81.3 cm³/mol. The zero-order valence-electron chi connectivity index (χ0n) is 12.4. The molecule has 0 spiro atoms. The number of carbonyl (C=O) groups is 2. The molecule has 2 saturated heterocycles. The number of carboxylic acid groups (broad SMARTS) is 1. The lowest BCUT2D eigenvalue weighted by Gasteiger charge is -2.38. The van der Waals surface area contributed by atoms with E-state index in [1.165, 1.54) is 24.6 Å². The lowest BCUT2D eigenvalue weighted by molar-refractivity contribution is -0.141. The fourth-order valence-electron chi connectivity index (χ4n) is 3.07. The SMILES string of the molecule is CC1SCC(C(=O)O)N1C(=O)N1CCN(CC2CC2)CC1. The summed E-state index contributed by atoms with van der Waals surface area (Å²) in [6.45, 7) is 6.33. The van der Waals surface area contributed by atoms with Gasteiger partial charge in [-0.2, -0.15) is 0 Å². The van der Waals surface area contributed by atoms with Crippen molar-refractivity contribution < 1.29 is 14.7 Å². The predicted octanol–water partition coefficient (Wildman–Crippen LogP) is 0.982. The van der Waals surface area contributed by atoms with Gasteiger partial charge in [0.2, 0.25) is 0 Å². The topological polar surface area (TPSA) is 64.1 Å². The van der Waals surface area contributed by atoms with Crippen molar-refractivity contribution in [3.63, 3.8) is 0 Å². The maximum atomic E-state index is 12.6. The number of aliphatic carboxylic acids is 1. The molecular formula is C14H23N3O3S. The number of carbonyl (C=O) groups excluding carboxylic acids is 1. The molecule has 2 atom stereocenters. The molecule has 0 aromatic carbocycles. The van der Waals surface area contributed by atoms with E-state index in [1.54, 1.807) is 4.90 Å². The molecule has 0 aromatic heterocycles. The van der Waals surface area contributed by atoms with Gasteiger partial charge >= 0.3 is 12.0 Å². The average Bonchev–Trinajstić information content (AvgIpc) is 3.18. The number of hydrogen-bond donors (Lipinski definition) is 1. The molecule has 3 fully saturated rings. The van der Waals surface area contributed by atoms with Crippen LogP contribution in [0, 0.1) is 5.92 Å². The van der Waals surface area contributed by atoms with Crippen molar-refractivity contribution in [2.45, 2.75) is 31.2 Å². The molecule has 3 aliphatic rings. The smallest absolute Gasteiger partial charge is 0.327 e. The Bertz CT molecular complexity index is 422. The van der Waals surface area contributed by atoms with Gasteiger partial charge in [-0.25, -0.2) is 9.59 Å². The lowest BCUT2D eigenvalue weighted by Crippen LogP contribution is -2.56. The summed E-state index contributed by atoms with van der Waals surface area (Å²) >= 11 is 1.54. The molecule has 2 amide bonds. The Morgan fingerprint density at radius 3 is 2.43 bits per heavy atom. The quantitative estimate of drug-likeness (QED) is 0.841. The van der Waals surface area contributed by atoms with Crippen molar-refractivity contribution in [1.29, 1.82) is 0 Å². The first-order valence-electron chi connectivity index (χ1n) is 7.70. The van der Waals surface area contributed by atoms with Crippen LogP contribution < -0.4 is 0 Å². The first kappa shape index (κ1) is 15.0. The average molecular weight is 313 g/mol. The number of carboxylic acids is 1. The second-order valence-corrected chi connectivity index (χ2v) is 7.56. The number of urea groups is 1. The van der Waals surface area contributed by atoms with E-state index in [2.05, 4.69) is 4.90 Å². The molecule has 0 bridgehead atoms. The van der Waals surface area contributed by atoms with Crippen LogP contribution in [-0.4, -0.2) is 81.7 Å². The van der Waals surface area contributed by atoms with E-state index in [-0.39, 0.29) is 11.4 Å². The number of rotatable bonds is 3. The number of nitrogens with zero attached hydrogens (tertiary/aromatic N) is 3. The molecule has 0 aromatic rings. The number of amides is 2. The van der Waals surface area contributed by atoms with Gasteiger partial charge in [-0.3, -0.25) is 9.80 Å². The highest BCUT2D eigenvalue weighted by atomic mass is 32.2. The Kier molecular flexibility index (Phi) is 4.31. The molecule has 21 heavy (non-hydrogen) atoms. The summed E-state index contributed by atoms with van der Waals surface area (Å²) in [5, 5.41) is 9.21. The van der Waals surface area contributed by atoms with E-state index in [4.69, 9.17) is 0 Å². The molecule has 2 heterocycles. The highest BCUT2D eigenvalue weighted by molar-refractivity contribution is 8.00. The lowest BCUT2D eigenvalue weighted by atomic mass is 10.2. The second-order valence-electron chi connectivity index (χ2n) is 6.21. The number of hydrogen-bond acceptors (Lipinski definition) is 4. The van der Waals surface area contributed by atoms with Crippen LogP contribution in [0.3, 0.4) is 0 Å². The third-order valence-corrected chi connectivity index (χ3v) is 5.80. The van der Waals surface area contributed by atoms with Crippen molar-refractivity contribution in [2.75, 3.05) is 38.5 Å². The molecule has 118 valence electrons. The van der Waals surface area contributed by atoms with Crippen LogP contribution in [0.5, 0.6) is 0 Å². The van der Waals surface area contributed by atoms with Crippen molar-refractivity contribution in [3.05, 3.63) is 0 Å². The molecular weight excluding hydrogens is 290 g/mol. The van der Waals surface area contributed by atoms with Gasteiger partial charge in [0.15, 0.2) is 0 Å². The van der Waals surface area contributed by atoms with E-state index in [0.717, 1.165) is 25.6 Å². The monoisotopic (exact) mass is 313 g/mol. The van der Waals surface area contributed by atoms with Gasteiger partial charge in [-0.05, 0) is 25.7 Å². The molecule has 3 rings (SSSR count). The van der Waals surface area contributed by atoms with E-state index >= 15 is 0 Å². The molecule has 1 saturated carbocycles. The van der Waals surface area contributed by atoms with E-state index in [9.17, 15) is 14.7 Å². The highest BCUT2D eigenvalue weighted by Gasteiger charge is 2.41. The van der Waals surface area contributed by atoms with Gasteiger partial charge in [-0.15, -0.1) is 11.8 Å². The van der Waals surface area contributed by atoms with Crippen molar-refractivity contribution in [2.24, 2.45) is 5.92 Å². The number of thioether (sulfide) groups is 1. The van der Waals surface area contributed by atoms with Crippen LogP contribution in [0.2, 0.25) is 0 Å². The fourth-order valence-corrected chi connectivity index (χ4v) is 4.24. The summed E-state index contributed by atoms with van der Waals surface area (Å²) in [5.74, 6) is 0.468. The van der Waals surface area contributed by atoms with E-state index in [1.807, 2.05) is 11.8 Å². The highest BCUT2D eigenvalue weighted by Crippen LogP contribution is 2.31. The maximum Gasteiger partial charge on any atom is 0.327 e. The first-order valence-corrected chi connectivity index (χ1v) is 8.75. The third-order valence-electron chi connectivity index (χ3n) is 4.58. The number of piperazine rings is 1. The van der Waals surface area contributed by atoms with Crippen LogP contribution in [0.1, 0.15) is 19.8 Å². The second kappa shape index (κ2) is 6.04.